The summed E-state index contributed by atoms with van der Waals surface area (Å²) >= 11 is 8.14. The van der Waals surface area contributed by atoms with Gasteiger partial charge in [-0.2, -0.15) is 0 Å². The number of thioether (sulfide) groups is 1. The zero-order valence-electron chi connectivity index (χ0n) is 22.8. The van der Waals surface area contributed by atoms with E-state index >= 15 is 0 Å². The Morgan fingerprint density at radius 2 is 1.53 bits per heavy atom. The van der Waals surface area contributed by atoms with Crippen LogP contribution in [0, 0.1) is 0 Å². The van der Waals surface area contributed by atoms with Crippen molar-refractivity contribution >= 4 is 57.8 Å². The largest absolute Gasteiger partial charge is 0.492 e. The summed E-state index contributed by atoms with van der Waals surface area (Å²) in [7, 11) is 0. The number of carbonyl (C=O) groups excluding carboxylic acids is 1. The van der Waals surface area contributed by atoms with E-state index in [0.717, 1.165) is 24.5 Å². The van der Waals surface area contributed by atoms with Gasteiger partial charge < -0.3 is 20.3 Å². The summed E-state index contributed by atoms with van der Waals surface area (Å²) in [6, 6.07) is 13.0. The van der Waals surface area contributed by atoms with E-state index in [1.54, 1.807) is 18.2 Å². The van der Waals surface area contributed by atoms with Crippen LogP contribution in [0.2, 0.25) is 5.02 Å². The molecule has 0 radical (unpaired) electrons. The van der Waals surface area contributed by atoms with E-state index in [9.17, 15) is 4.79 Å². The first kappa shape index (κ1) is 32.4. The Bertz CT molecular complexity index is 1000. The van der Waals surface area contributed by atoms with Gasteiger partial charge in [-0.15, -0.1) is 28.7 Å². The molecule has 0 fully saturated rings. The fourth-order valence-corrected chi connectivity index (χ4v) is 5.38. The first-order valence-corrected chi connectivity index (χ1v) is 15.1. The maximum atomic E-state index is 12.5. The summed E-state index contributed by atoms with van der Waals surface area (Å²) in [6.45, 7) is 5.89. The summed E-state index contributed by atoms with van der Waals surface area (Å²) in [4.78, 5) is 14.9. The summed E-state index contributed by atoms with van der Waals surface area (Å²) in [6.07, 6.45) is 12.9. The second kappa shape index (κ2) is 18.5. The number of ether oxygens (including phenoxy) is 1. The predicted molar refractivity (Wildman–Crippen MR) is 170 cm³/mol. The number of halogens is 2. The molecule has 2 N–H and O–H groups in total. The van der Waals surface area contributed by atoms with Crippen LogP contribution >= 0.6 is 40.3 Å². The number of allylic oxidation sites excluding steroid dienone is 1. The molecule has 0 aliphatic carbocycles. The SMILES string of the molecule is Br.CCCCCCCCCCCCOc1cc(NC(=O)Nc2ccc(CN3CSC=C3C)cc2)ccc1Cl. The molecule has 0 atom stereocenters. The van der Waals surface area contributed by atoms with Gasteiger partial charge in [0.25, 0.3) is 0 Å². The molecule has 1 aliphatic heterocycles. The average Bonchev–Trinajstić information content (AvgIpc) is 3.29. The number of unbranched alkanes of at least 4 members (excludes halogenated alkanes) is 9. The number of anilines is 2. The number of nitrogens with one attached hydrogen (secondary N) is 2. The quantitative estimate of drug-likeness (QED) is 0.182. The third-order valence-electron chi connectivity index (χ3n) is 6.51. The third kappa shape index (κ3) is 11.9. The van der Waals surface area contributed by atoms with Gasteiger partial charge in [0.05, 0.1) is 17.5 Å². The maximum absolute atomic E-state index is 12.5. The third-order valence-corrected chi connectivity index (χ3v) is 7.79. The minimum Gasteiger partial charge on any atom is -0.492 e. The molecule has 0 saturated carbocycles. The number of hydrogen-bond donors (Lipinski definition) is 2. The van der Waals surface area contributed by atoms with E-state index in [1.165, 1.54) is 69.0 Å². The summed E-state index contributed by atoms with van der Waals surface area (Å²) < 4.78 is 5.91. The number of carbonyl (C=O) groups is 1. The van der Waals surface area contributed by atoms with Crippen LogP contribution in [0.3, 0.4) is 0 Å². The lowest BCUT2D eigenvalue weighted by atomic mass is 10.1. The molecule has 210 valence electrons. The van der Waals surface area contributed by atoms with Crippen LogP contribution in [-0.2, 0) is 6.54 Å². The topological polar surface area (TPSA) is 53.6 Å². The van der Waals surface area contributed by atoms with Crippen molar-refractivity contribution in [1.82, 2.24) is 4.90 Å². The standard InChI is InChI=1S/C30H42ClN3O2S.BrH/c1-3-4-5-6-7-8-9-10-11-12-19-36-29-20-27(17-18-28(29)31)33-30(35)32-26-15-13-25(14-16-26)21-34-23-37-22-24(34)2;/h13-18,20,22H,3-12,19,21,23H2,1-2H3,(H2,32,33,35);1H. The zero-order chi connectivity index (χ0) is 26.3. The highest BCUT2D eigenvalue weighted by atomic mass is 79.9. The molecule has 8 heteroatoms. The number of rotatable bonds is 16. The first-order chi connectivity index (χ1) is 18.0. The minimum absolute atomic E-state index is 0. The summed E-state index contributed by atoms with van der Waals surface area (Å²) in [5, 5.41) is 8.50. The second-order valence-electron chi connectivity index (χ2n) is 9.70. The van der Waals surface area contributed by atoms with Crippen molar-refractivity contribution in [3.8, 4) is 5.75 Å². The fourth-order valence-electron chi connectivity index (χ4n) is 4.27. The van der Waals surface area contributed by atoms with E-state index in [-0.39, 0.29) is 23.0 Å². The lowest BCUT2D eigenvalue weighted by molar-refractivity contribution is 0.262. The average molecular weight is 625 g/mol. The van der Waals surface area contributed by atoms with E-state index in [0.29, 0.717) is 23.1 Å². The van der Waals surface area contributed by atoms with Crippen molar-refractivity contribution in [3.63, 3.8) is 0 Å². The van der Waals surface area contributed by atoms with Gasteiger partial charge in [0, 0.05) is 29.7 Å². The molecule has 5 nitrogen and oxygen atoms in total. The normalized spacial score (nSPS) is 12.6. The molecular formula is C30H43BrClN3O2S. The lowest BCUT2D eigenvalue weighted by Gasteiger charge is -2.19. The molecule has 0 spiro atoms. The van der Waals surface area contributed by atoms with Crippen molar-refractivity contribution in [2.45, 2.75) is 84.6 Å². The van der Waals surface area contributed by atoms with Gasteiger partial charge in [-0.1, -0.05) is 88.4 Å². The van der Waals surface area contributed by atoms with Gasteiger partial charge in [0.15, 0.2) is 0 Å². The number of amides is 2. The number of benzene rings is 2. The van der Waals surface area contributed by atoms with Crippen molar-refractivity contribution in [2.24, 2.45) is 0 Å². The van der Waals surface area contributed by atoms with Crippen molar-refractivity contribution in [2.75, 3.05) is 23.1 Å². The molecule has 0 saturated heterocycles. The van der Waals surface area contributed by atoms with Gasteiger partial charge in [-0.3, -0.25) is 0 Å². The monoisotopic (exact) mass is 623 g/mol. The first-order valence-electron chi connectivity index (χ1n) is 13.7. The molecule has 1 heterocycles. The van der Waals surface area contributed by atoms with Crippen LogP contribution in [0.5, 0.6) is 5.75 Å². The predicted octanol–water partition coefficient (Wildman–Crippen LogP) is 10.2. The van der Waals surface area contributed by atoms with Gasteiger partial charge in [-0.05, 0) is 48.6 Å². The maximum Gasteiger partial charge on any atom is 0.323 e. The van der Waals surface area contributed by atoms with Gasteiger partial charge in [-0.25, -0.2) is 4.79 Å². The number of urea groups is 1. The Morgan fingerprint density at radius 3 is 2.16 bits per heavy atom. The Hall–Kier alpha value is -1.83. The summed E-state index contributed by atoms with van der Waals surface area (Å²) in [5.74, 6) is 1.59. The van der Waals surface area contributed by atoms with Crippen LogP contribution < -0.4 is 15.4 Å². The van der Waals surface area contributed by atoms with E-state index in [4.69, 9.17) is 16.3 Å². The number of nitrogens with zero attached hydrogens (tertiary/aromatic N) is 1. The second-order valence-corrected chi connectivity index (χ2v) is 10.9. The Morgan fingerprint density at radius 1 is 0.921 bits per heavy atom. The Balaban J connectivity index is 0.00000507. The molecule has 0 bridgehead atoms. The highest BCUT2D eigenvalue weighted by Gasteiger charge is 2.12. The molecule has 2 aromatic rings. The summed E-state index contributed by atoms with van der Waals surface area (Å²) in [5.41, 5.74) is 3.89. The van der Waals surface area contributed by atoms with Crippen LogP contribution in [0.25, 0.3) is 0 Å². The molecule has 2 amide bonds. The molecule has 2 aromatic carbocycles. The van der Waals surface area contributed by atoms with E-state index in [1.807, 2.05) is 36.0 Å². The van der Waals surface area contributed by atoms with Gasteiger partial charge in [0.2, 0.25) is 0 Å². The Labute approximate surface area is 248 Å². The molecular weight excluding hydrogens is 582 g/mol. The van der Waals surface area contributed by atoms with Crippen LogP contribution in [0.1, 0.15) is 83.6 Å². The van der Waals surface area contributed by atoms with Gasteiger partial charge >= 0.3 is 6.03 Å². The van der Waals surface area contributed by atoms with Crippen LogP contribution in [-0.4, -0.2) is 23.4 Å². The minimum atomic E-state index is -0.301. The van der Waals surface area contributed by atoms with Gasteiger partial charge in [0.1, 0.15) is 5.75 Å². The molecule has 38 heavy (non-hydrogen) atoms. The van der Waals surface area contributed by atoms with E-state index in [2.05, 4.69) is 34.8 Å². The van der Waals surface area contributed by atoms with Crippen LogP contribution in [0.4, 0.5) is 16.2 Å². The van der Waals surface area contributed by atoms with Crippen LogP contribution in [0.15, 0.2) is 53.6 Å². The van der Waals surface area contributed by atoms with Crippen molar-refractivity contribution in [1.29, 1.82) is 0 Å². The molecule has 0 aromatic heterocycles. The zero-order valence-corrected chi connectivity index (χ0v) is 26.1. The fraction of sp³-hybridized carbons (Fsp3) is 0.500. The number of hydrogen-bond acceptors (Lipinski definition) is 4. The molecule has 1 aliphatic rings. The molecule has 0 unspecified atom stereocenters. The highest BCUT2D eigenvalue weighted by molar-refractivity contribution is 8.93. The van der Waals surface area contributed by atoms with Crippen molar-refractivity contribution in [3.05, 3.63) is 64.2 Å². The lowest BCUT2D eigenvalue weighted by Crippen LogP contribution is -2.19. The van der Waals surface area contributed by atoms with E-state index < -0.39 is 0 Å². The van der Waals surface area contributed by atoms with Crippen molar-refractivity contribution < 1.29 is 9.53 Å². The highest BCUT2D eigenvalue weighted by Crippen LogP contribution is 2.28. The Kier molecular flexibility index (Phi) is 15.7. The smallest absolute Gasteiger partial charge is 0.323 e. The molecule has 3 rings (SSSR count).